The van der Waals surface area contributed by atoms with Crippen molar-refractivity contribution in [1.29, 1.82) is 0 Å². The summed E-state index contributed by atoms with van der Waals surface area (Å²) >= 11 is 5.08. The van der Waals surface area contributed by atoms with E-state index in [9.17, 15) is 5.11 Å². The molecular weight excluding hydrogens is 480 g/mol. The number of aliphatic imine (C=N–C) groups is 1. The lowest BCUT2D eigenvalue weighted by atomic mass is 9.42. The summed E-state index contributed by atoms with van der Waals surface area (Å²) in [5, 5.41) is 13.1. The van der Waals surface area contributed by atoms with Crippen LogP contribution >= 0.6 is 27.3 Å². The molecule has 2 atom stereocenters. The van der Waals surface area contributed by atoms with E-state index in [1.807, 2.05) is 12.1 Å². The molecule has 0 saturated heterocycles. The first-order chi connectivity index (χ1) is 15.4. The number of halogens is 1. The van der Waals surface area contributed by atoms with Gasteiger partial charge in [-0.15, -0.1) is 11.3 Å². The largest absolute Gasteiger partial charge is 0.507 e. The van der Waals surface area contributed by atoms with Crippen LogP contribution in [0, 0.1) is 18.8 Å². The van der Waals surface area contributed by atoms with Gasteiger partial charge in [0.15, 0.2) is 0 Å². The van der Waals surface area contributed by atoms with E-state index in [0.29, 0.717) is 11.0 Å². The fraction of sp³-hybridized carbons (Fsp3) is 0.407. The van der Waals surface area contributed by atoms with Crippen LogP contribution in [0.2, 0.25) is 0 Å². The molecule has 0 aliphatic heterocycles. The molecule has 0 radical (unpaired) electrons. The number of hydrogen-bond acceptors (Lipinski definition) is 4. The van der Waals surface area contributed by atoms with E-state index in [1.165, 1.54) is 49.8 Å². The van der Waals surface area contributed by atoms with Crippen molar-refractivity contribution in [3.63, 3.8) is 0 Å². The molecule has 4 aliphatic rings. The Kier molecular flexibility index (Phi) is 4.85. The van der Waals surface area contributed by atoms with Gasteiger partial charge in [-0.1, -0.05) is 45.8 Å². The van der Waals surface area contributed by atoms with Crippen molar-refractivity contribution in [1.82, 2.24) is 4.98 Å². The molecule has 2 aromatic carbocycles. The van der Waals surface area contributed by atoms with Gasteiger partial charge < -0.3 is 5.11 Å². The van der Waals surface area contributed by atoms with Gasteiger partial charge in [-0.2, -0.15) is 0 Å². The number of hydrogen-bond donors (Lipinski definition) is 1. The lowest BCUT2D eigenvalue weighted by molar-refractivity contribution is -0.0296. The van der Waals surface area contributed by atoms with E-state index in [4.69, 9.17) is 4.98 Å². The number of aromatic nitrogens is 1. The number of rotatable bonds is 4. The molecule has 2 unspecified atom stereocenters. The number of thiazole rings is 1. The third kappa shape index (κ3) is 3.45. The minimum atomic E-state index is 0.192. The van der Waals surface area contributed by atoms with Crippen molar-refractivity contribution in [3.8, 4) is 5.75 Å². The third-order valence-corrected chi connectivity index (χ3v) is 9.31. The monoisotopic (exact) mass is 506 g/mol. The maximum Gasteiger partial charge on any atom is 0.209 e. The summed E-state index contributed by atoms with van der Waals surface area (Å²) in [6.45, 7) is 2.18. The highest BCUT2D eigenvalue weighted by molar-refractivity contribution is 9.10. The second-order valence-corrected chi connectivity index (χ2v) is 12.1. The number of nitrogens with zero attached hydrogens (tertiary/aromatic N) is 2. The van der Waals surface area contributed by atoms with Crippen molar-refractivity contribution < 1.29 is 5.11 Å². The van der Waals surface area contributed by atoms with Crippen molar-refractivity contribution >= 4 is 38.6 Å². The normalized spacial score (nSPS) is 30.9. The van der Waals surface area contributed by atoms with E-state index in [-0.39, 0.29) is 11.2 Å². The van der Waals surface area contributed by atoms with Crippen molar-refractivity contribution in [2.45, 2.75) is 56.3 Å². The number of aryl methyl sites for hydroxylation is 1. The first-order valence-corrected chi connectivity index (χ1v) is 13.2. The van der Waals surface area contributed by atoms with Crippen LogP contribution in [0.4, 0.5) is 5.13 Å². The van der Waals surface area contributed by atoms with Crippen LogP contribution in [0.5, 0.6) is 5.75 Å². The molecule has 0 spiro atoms. The van der Waals surface area contributed by atoms with Crippen LogP contribution in [0.25, 0.3) is 0 Å². The number of aromatic hydroxyl groups is 1. The summed E-state index contributed by atoms with van der Waals surface area (Å²) in [7, 11) is 0. The Morgan fingerprint density at radius 1 is 1.06 bits per heavy atom. The van der Waals surface area contributed by atoms with Gasteiger partial charge in [0.25, 0.3) is 0 Å². The van der Waals surface area contributed by atoms with E-state index < -0.39 is 0 Å². The molecule has 4 saturated carbocycles. The first-order valence-electron chi connectivity index (χ1n) is 11.5. The standard InChI is InChI=1S/C27H27BrN2OS/c1-17-2-4-21(5-3-17)26-10-18-8-19(11-26)13-27(12-18,16-26)24-15-32-25(30-24)29-14-20-9-22(28)6-7-23(20)31/h2-7,9,14-15,18-19,31H,8,10-13,16H2,1H3/b29-14+. The van der Waals surface area contributed by atoms with Gasteiger partial charge in [-0.25, -0.2) is 9.98 Å². The van der Waals surface area contributed by atoms with Crippen LogP contribution in [0.3, 0.4) is 0 Å². The highest BCUT2D eigenvalue weighted by Gasteiger charge is 2.59. The Hall–Kier alpha value is -1.98. The van der Waals surface area contributed by atoms with Gasteiger partial charge in [0.05, 0.1) is 5.69 Å². The van der Waals surface area contributed by atoms with Gasteiger partial charge in [-0.05, 0) is 86.5 Å². The topological polar surface area (TPSA) is 45.5 Å². The summed E-state index contributed by atoms with van der Waals surface area (Å²) < 4.78 is 0.923. The van der Waals surface area contributed by atoms with Crippen LogP contribution in [0.1, 0.15) is 60.9 Å². The second-order valence-electron chi connectivity index (χ2n) is 10.4. The highest BCUT2D eigenvalue weighted by Crippen LogP contribution is 2.66. The van der Waals surface area contributed by atoms with Gasteiger partial charge in [0.2, 0.25) is 5.13 Å². The van der Waals surface area contributed by atoms with Crippen LogP contribution in [0.15, 0.2) is 57.3 Å². The fourth-order valence-electron chi connectivity index (χ4n) is 7.13. The molecule has 0 amide bonds. The molecule has 4 bridgehead atoms. The SMILES string of the molecule is Cc1ccc(C23CC4CC(C2)CC(c2csc(/N=C/c5cc(Br)ccc5O)n2)(C4)C3)cc1. The Morgan fingerprint density at radius 3 is 2.53 bits per heavy atom. The Morgan fingerprint density at radius 2 is 1.78 bits per heavy atom. The summed E-state index contributed by atoms with van der Waals surface area (Å²) in [5.74, 6) is 1.85. The van der Waals surface area contributed by atoms with E-state index in [0.717, 1.165) is 21.4 Å². The van der Waals surface area contributed by atoms with Gasteiger partial charge in [0.1, 0.15) is 5.75 Å². The summed E-state index contributed by atoms with van der Waals surface area (Å²) in [5.41, 5.74) is 5.33. The third-order valence-electron chi connectivity index (χ3n) is 8.06. The molecule has 1 aromatic heterocycles. The predicted octanol–water partition coefficient (Wildman–Crippen LogP) is 7.46. The van der Waals surface area contributed by atoms with Crippen LogP contribution < -0.4 is 0 Å². The molecule has 3 aromatic rings. The zero-order valence-electron chi connectivity index (χ0n) is 18.2. The Bertz CT molecular complexity index is 1180. The lowest BCUT2D eigenvalue weighted by Gasteiger charge is -2.62. The van der Waals surface area contributed by atoms with E-state index >= 15 is 0 Å². The summed E-state index contributed by atoms with van der Waals surface area (Å²) in [6, 6.07) is 14.7. The maximum absolute atomic E-state index is 10.1. The quantitative estimate of drug-likeness (QED) is 0.373. The number of phenols is 1. The molecular formula is C27H27BrN2OS. The molecule has 3 nitrogen and oxygen atoms in total. The fourth-order valence-corrected chi connectivity index (χ4v) is 8.29. The molecule has 32 heavy (non-hydrogen) atoms. The second kappa shape index (κ2) is 7.53. The number of benzene rings is 2. The van der Waals surface area contributed by atoms with Crippen molar-refractivity contribution in [2.75, 3.05) is 0 Å². The van der Waals surface area contributed by atoms with Gasteiger partial charge in [0, 0.05) is 27.0 Å². The van der Waals surface area contributed by atoms with E-state index in [1.54, 1.807) is 29.2 Å². The van der Waals surface area contributed by atoms with Gasteiger partial charge >= 0.3 is 0 Å². The average Bonchev–Trinajstić information content (AvgIpc) is 3.24. The molecule has 4 aliphatic carbocycles. The van der Waals surface area contributed by atoms with Gasteiger partial charge in [-0.3, -0.25) is 0 Å². The average molecular weight is 507 g/mol. The number of phenolic OH excluding ortho intramolecular Hbond substituents is 1. The Labute approximate surface area is 201 Å². The molecule has 7 rings (SSSR count). The maximum atomic E-state index is 10.1. The Balaban J connectivity index is 1.32. The molecule has 5 heteroatoms. The molecule has 164 valence electrons. The molecule has 4 fully saturated rings. The van der Waals surface area contributed by atoms with Crippen molar-refractivity contribution in [3.05, 3.63) is 74.7 Å². The first kappa shape index (κ1) is 20.6. The smallest absolute Gasteiger partial charge is 0.209 e. The zero-order valence-corrected chi connectivity index (χ0v) is 20.6. The molecule has 1 N–H and O–H groups in total. The minimum absolute atomic E-state index is 0.192. The predicted molar refractivity (Wildman–Crippen MR) is 134 cm³/mol. The van der Waals surface area contributed by atoms with Crippen LogP contribution in [-0.4, -0.2) is 16.3 Å². The lowest BCUT2D eigenvalue weighted by Crippen LogP contribution is -2.56. The zero-order chi connectivity index (χ0) is 21.9. The van der Waals surface area contributed by atoms with Crippen LogP contribution in [-0.2, 0) is 10.8 Å². The van der Waals surface area contributed by atoms with Crippen molar-refractivity contribution in [2.24, 2.45) is 16.8 Å². The highest BCUT2D eigenvalue weighted by atomic mass is 79.9. The minimum Gasteiger partial charge on any atom is -0.507 e. The summed E-state index contributed by atoms with van der Waals surface area (Å²) in [4.78, 5) is 9.65. The van der Waals surface area contributed by atoms with E-state index in [2.05, 4.69) is 57.5 Å². The summed E-state index contributed by atoms with van der Waals surface area (Å²) in [6.07, 6.45) is 9.56. The molecule has 1 heterocycles.